The Bertz CT molecular complexity index is 902. The summed E-state index contributed by atoms with van der Waals surface area (Å²) in [5, 5.41) is 10.2. The second kappa shape index (κ2) is 7.84. The number of hydrogen-bond donors (Lipinski definition) is 1. The molecule has 3 rings (SSSR count). The maximum atomic E-state index is 12.7. The fourth-order valence-corrected chi connectivity index (χ4v) is 2.67. The molecular weight excluding hydrogens is 350 g/mol. The summed E-state index contributed by atoms with van der Waals surface area (Å²) in [7, 11) is 1.50. The monoisotopic (exact) mass is 367 g/mol. The first-order valence-electron chi connectivity index (χ1n) is 8.18. The Hall–Kier alpha value is -3.45. The SMILES string of the molecule is COCCOC(=O)c1ccc(N2C(=O)C(O)=C(c3ccccc3)C2=O)cc1. The molecule has 1 aliphatic rings. The van der Waals surface area contributed by atoms with Gasteiger partial charge in [0.05, 0.1) is 23.4 Å². The van der Waals surface area contributed by atoms with Gasteiger partial charge in [-0.2, -0.15) is 0 Å². The van der Waals surface area contributed by atoms with Gasteiger partial charge in [0.2, 0.25) is 0 Å². The fourth-order valence-electron chi connectivity index (χ4n) is 2.67. The van der Waals surface area contributed by atoms with Gasteiger partial charge in [-0.3, -0.25) is 9.59 Å². The summed E-state index contributed by atoms with van der Waals surface area (Å²) >= 11 is 0. The minimum absolute atomic E-state index is 0.0522. The van der Waals surface area contributed by atoms with Crippen LogP contribution in [0.5, 0.6) is 0 Å². The van der Waals surface area contributed by atoms with E-state index in [1.165, 1.54) is 31.4 Å². The lowest BCUT2D eigenvalue weighted by Gasteiger charge is -2.15. The van der Waals surface area contributed by atoms with E-state index >= 15 is 0 Å². The Balaban J connectivity index is 1.81. The Labute approximate surface area is 155 Å². The number of carbonyl (C=O) groups is 3. The average molecular weight is 367 g/mol. The van der Waals surface area contributed by atoms with Crippen LogP contribution in [0.1, 0.15) is 15.9 Å². The predicted molar refractivity (Wildman–Crippen MR) is 97.1 cm³/mol. The van der Waals surface area contributed by atoms with Gasteiger partial charge in [-0.15, -0.1) is 0 Å². The van der Waals surface area contributed by atoms with Crippen molar-refractivity contribution in [1.82, 2.24) is 0 Å². The molecule has 0 saturated heterocycles. The zero-order chi connectivity index (χ0) is 19.4. The molecule has 0 bridgehead atoms. The number of methoxy groups -OCH3 is 1. The first kappa shape index (κ1) is 18.3. The van der Waals surface area contributed by atoms with E-state index in [2.05, 4.69) is 0 Å². The topological polar surface area (TPSA) is 93.1 Å². The van der Waals surface area contributed by atoms with Crippen molar-refractivity contribution in [2.24, 2.45) is 0 Å². The lowest BCUT2D eigenvalue weighted by Crippen LogP contribution is -2.31. The van der Waals surface area contributed by atoms with Crippen LogP contribution in [0.15, 0.2) is 60.4 Å². The van der Waals surface area contributed by atoms with Crippen LogP contribution in [0, 0.1) is 0 Å². The summed E-state index contributed by atoms with van der Waals surface area (Å²) in [4.78, 5) is 37.9. The molecule has 1 aliphatic heterocycles. The summed E-state index contributed by atoms with van der Waals surface area (Å²) in [5.41, 5.74) is 0.920. The third-order valence-electron chi connectivity index (χ3n) is 4.00. The summed E-state index contributed by atoms with van der Waals surface area (Å²) in [6.07, 6.45) is 0. The second-order valence-electron chi connectivity index (χ2n) is 5.71. The minimum Gasteiger partial charge on any atom is -0.502 e. The summed E-state index contributed by atoms with van der Waals surface area (Å²) in [6.45, 7) is 0.409. The van der Waals surface area contributed by atoms with Crippen LogP contribution in [0.2, 0.25) is 0 Å². The standard InChI is InChI=1S/C20H17NO6/c1-26-11-12-27-20(25)14-7-9-15(10-8-14)21-18(23)16(17(22)19(21)24)13-5-3-2-4-6-13/h2-10,22H,11-12H2,1H3. The number of imide groups is 1. The van der Waals surface area contributed by atoms with Gasteiger partial charge in [-0.1, -0.05) is 30.3 Å². The van der Waals surface area contributed by atoms with E-state index < -0.39 is 23.5 Å². The number of amides is 2. The number of aliphatic hydroxyl groups excluding tert-OH is 1. The van der Waals surface area contributed by atoms with Gasteiger partial charge >= 0.3 is 11.9 Å². The highest BCUT2D eigenvalue weighted by atomic mass is 16.6. The first-order chi connectivity index (χ1) is 13.0. The molecule has 7 heteroatoms. The molecule has 0 aromatic heterocycles. The van der Waals surface area contributed by atoms with Gasteiger partial charge in [0.15, 0.2) is 5.76 Å². The normalized spacial score (nSPS) is 14.0. The van der Waals surface area contributed by atoms with Crippen LogP contribution in [0.25, 0.3) is 5.57 Å². The second-order valence-corrected chi connectivity index (χ2v) is 5.71. The summed E-state index contributed by atoms with van der Waals surface area (Å²) in [6, 6.07) is 14.3. The Kier molecular flexibility index (Phi) is 5.33. The Morgan fingerprint density at radius 2 is 1.63 bits per heavy atom. The number of esters is 1. The highest BCUT2D eigenvalue weighted by Gasteiger charge is 2.40. The predicted octanol–water partition coefficient (Wildman–Crippen LogP) is 2.33. The van der Waals surface area contributed by atoms with E-state index in [0.717, 1.165) is 4.90 Å². The minimum atomic E-state index is -0.811. The molecule has 27 heavy (non-hydrogen) atoms. The first-order valence-corrected chi connectivity index (χ1v) is 8.18. The van der Waals surface area contributed by atoms with E-state index in [1.807, 2.05) is 0 Å². The molecule has 0 spiro atoms. The third-order valence-corrected chi connectivity index (χ3v) is 4.00. The molecular formula is C20H17NO6. The highest BCUT2D eigenvalue weighted by Crippen LogP contribution is 2.31. The molecule has 0 aliphatic carbocycles. The number of rotatable bonds is 6. The number of nitrogens with zero attached hydrogens (tertiary/aromatic N) is 1. The molecule has 2 aromatic rings. The van der Waals surface area contributed by atoms with E-state index in [0.29, 0.717) is 5.56 Å². The van der Waals surface area contributed by atoms with E-state index in [1.54, 1.807) is 30.3 Å². The van der Waals surface area contributed by atoms with Crippen molar-refractivity contribution in [2.75, 3.05) is 25.2 Å². The van der Waals surface area contributed by atoms with E-state index in [9.17, 15) is 19.5 Å². The summed E-state index contributed by atoms with van der Waals surface area (Å²) in [5.74, 6) is -2.58. The molecule has 138 valence electrons. The third kappa shape index (κ3) is 3.58. The number of aliphatic hydroxyl groups is 1. The smallest absolute Gasteiger partial charge is 0.338 e. The van der Waals surface area contributed by atoms with Gasteiger partial charge in [-0.25, -0.2) is 9.69 Å². The molecule has 0 radical (unpaired) electrons. The lowest BCUT2D eigenvalue weighted by molar-refractivity contribution is -0.121. The maximum Gasteiger partial charge on any atom is 0.338 e. The lowest BCUT2D eigenvalue weighted by atomic mass is 10.1. The largest absolute Gasteiger partial charge is 0.502 e. The fraction of sp³-hybridized carbons (Fsp3) is 0.150. The van der Waals surface area contributed by atoms with Crippen LogP contribution in [-0.2, 0) is 19.1 Å². The van der Waals surface area contributed by atoms with Gasteiger partial charge in [-0.05, 0) is 29.8 Å². The van der Waals surface area contributed by atoms with Crippen molar-refractivity contribution >= 4 is 29.0 Å². The van der Waals surface area contributed by atoms with Crippen LogP contribution in [-0.4, -0.2) is 43.2 Å². The summed E-state index contributed by atoms with van der Waals surface area (Å²) < 4.78 is 9.82. The molecule has 2 amide bonds. The van der Waals surface area contributed by atoms with Crippen molar-refractivity contribution in [2.45, 2.75) is 0 Å². The molecule has 0 atom stereocenters. The number of benzene rings is 2. The quantitative estimate of drug-likeness (QED) is 0.479. The molecule has 0 unspecified atom stereocenters. The van der Waals surface area contributed by atoms with Crippen LogP contribution < -0.4 is 4.90 Å². The van der Waals surface area contributed by atoms with Gasteiger partial charge in [0.1, 0.15) is 6.61 Å². The van der Waals surface area contributed by atoms with E-state index in [-0.39, 0.29) is 30.0 Å². The number of anilines is 1. The number of carbonyl (C=O) groups excluding carboxylic acids is 3. The molecule has 1 N–H and O–H groups in total. The molecule has 7 nitrogen and oxygen atoms in total. The van der Waals surface area contributed by atoms with Crippen LogP contribution in [0.4, 0.5) is 5.69 Å². The average Bonchev–Trinajstić information content (AvgIpc) is 2.91. The molecule has 0 fully saturated rings. The zero-order valence-electron chi connectivity index (χ0n) is 14.5. The molecule has 2 aromatic carbocycles. The van der Waals surface area contributed by atoms with Crippen molar-refractivity contribution < 1.29 is 29.0 Å². The van der Waals surface area contributed by atoms with Crippen molar-refractivity contribution in [1.29, 1.82) is 0 Å². The highest BCUT2D eigenvalue weighted by molar-refractivity contribution is 6.44. The molecule has 0 saturated carbocycles. The van der Waals surface area contributed by atoms with Gasteiger partial charge in [0, 0.05) is 7.11 Å². The Morgan fingerprint density at radius 3 is 2.26 bits per heavy atom. The van der Waals surface area contributed by atoms with Crippen molar-refractivity contribution in [3.63, 3.8) is 0 Å². The maximum absolute atomic E-state index is 12.7. The Morgan fingerprint density at radius 1 is 0.963 bits per heavy atom. The number of ether oxygens (including phenoxy) is 2. The van der Waals surface area contributed by atoms with E-state index in [4.69, 9.17) is 9.47 Å². The molecule has 1 heterocycles. The van der Waals surface area contributed by atoms with Crippen molar-refractivity contribution in [3.8, 4) is 0 Å². The number of hydrogen-bond acceptors (Lipinski definition) is 6. The van der Waals surface area contributed by atoms with Crippen LogP contribution in [0.3, 0.4) is 0 Å². The zero-order valence-corrected chi connectivity index (χ0v) is 14.5. The van der Waals surface area contributed by atoms with Gasteiger partial charge in [0.25, 0.3) is 5.91 Å². The van der Waals surface area contributed by atoms with Crippen LogP contribution >= 0.6 is 0 Å². The van der Waals surface area contributed by atoms with Gasteiger partial charge < -0.3 is 14.6 Å². The van der Waals surface area contributed by atoms with Crippen molar-refractivity contribution in [3.05, 3.63) is 71.5 Å².